The normalized spacial score (nSPS) is 20.0. The molecule has 2 atom stereocenters. The quantitative estimate of drug-likeness (QED) is 0.844. The SMILES string of the molecule is O=C(N[C@@H]1C=C[C@H](CO)C1)c1cnc(-c2ccc(F)c(F)c2)s1. The summed E-state index contributed by atoms with van der Waals surface area (Å²) >= 11 is 1.11. The summed E-state index contributed by atoms with van der Waals surface area (Å²) in [4.78, 5) is 16.7. The Morgan fingerprint density at radius 2 is 2.17 bits per heavy atom. The fraction of sp³-hybridized carbons (Fsp3) is 0.250. The van der Waals surface area contributed by atoms with Gasteiger partial charge < -0.3 is 10.4 Å². The summed E-state index contributed by atoms with van der Waals surface area (Å²) < 4.78 is 26.2. The van der Waals surface area contributed by atoms with Gasteiger partial charge in [0.25, 0.3) is 5.91 Å². The molecule has 0 fully saturated rings. The van der Waals surface area contributed by atoms with Gasteiger partial charge in [-0.3, -0.25) is 4.79 Å². The van der Waals surface area contributed by atoms with Gasteiger partial charge in [0.1, 0.15) is 9.88 Å². The number of nitrogens with one attached hydrogen (secondary N) is 1. The van der Waals surface area contributed by atoms with Crippen LogP contribution in [0.3, 0.4) is 0 Å². The van der Waals surface area contributed by atoms with Crippen LogP contribution in [0.25, 0.3) is 10.6 Å². The first-order chi connectivity index (χ1) is 11.1. The van der Waals surface area contributed by atoms with Gasteiger partial charge >= 0.3 is 0 Å². The predicted molar refractivity (Wildman–Crippen MR) is 83.1 cm³/mol. The number of aliphatic hydroxyl groups is 1. The van der Waals surface area contributed by atoms with Crippen molar-refractivity contribution in [3.63, 3.8) is 0 Å². The number of thiazole rings is 1. The lowest BCUT2D eigenvalue weighted by Gasteiger charge is -2.11. The molecule has 0 radical (unpaired) electrons. The van der Waals surface area contributed by atoms with Crippen molar-refractivity contribution in [2.75, 3.05) is 6.61 Å². The van der Waals surface area contributed by atoms with Gasteiger partial charge in [0.15, 0.2) is 11.6 Å². The molecular formula is C16H14F2N2O2S. The van der Waals surface area contributed by atoms with E-state index in [1.54, 1.807) is 0 Å². The Hall–Kier alpha value is -2.12. The molecule has 0 aliphatic heterocycles. The fourth-order valence-corrected chi connectivity index (χ4v) is 3.21. The van der Waals surface area contributed by atoms with E-state index in [1.807, 2.05) is 12.2 Å². The van der Waals surface area contributed by atoms with Crippen molar-refractivity contribution in [3.05, 3.63) is 53.1 Å². The number of aliphatic hydroxyl groups excluding tert-OH is 1. The Morgan fingerprint density at radius 1 is 1.35 bits per heavy atom. The highest BCUT2D eigenvalue weighted by Crippen LogP contribution is 2.27. The number of hydrogen-bond acceptors (Lipinski definition) is 4. The van der Waals surface area contributed by atoms with Crippen molar-refractivity contribution < 1.29 is 18.7 Å². The van der Waals surface area contributed by atoms with Crippen LogP contribution in [0.15, 0.2) is 36.5 Å². The van der Waals surface area contributed by atoms with E-state index in [9.17, 15) is 13.6 Å². The van der Waals surface area contributed by atoms with Crippen LogP contribution in [0, 0.1) is 17.6 Å². The van der Waals surface area contributed by atoms with Crippen LogP contribution < -0.4 is 5.32 Å². The highest BCUT2D eigenvalue weighted by Gasteiger charge is 2.21. The molecule has 2 N–H and O–H groups in total. The Labute approximate surface area is 135 Å². The average molecular weight is 336 g/mol. The third-order valence-corrected chi connectivity index (χ3v) is 4.66. The highest BCUT2D eigenvalue weighted by molar-refractivity contribution is 7.16. The van der Waals surface area contributed by atoms with Crippen molar-refractivity contribution in [1.82, 2.24) is 10.3 Å². The first-order valence-electron chi connectivity index (χ1n) is 7.08. The zero-order valence-electron chi connectivity index (χ0n) is 12.0. The van der Waals surface area contributed by atoms with E-state index >= 15 is 0 Å². The first-order valence-corrected chi connectivity index (χ1v) is 7.89. The minimum absolute atomic E-state index is 0.0592. The molecule has 1 aliphatic carbocycles. The Morgan fingerprint density at radius 3 is 2.87 bits per heavy atom. The first kappa shape index (κ1) is 15.8. The van der Waals surface area contributed by atoms with Crippen LogP contribution in [-0.2, 0) is 0 Å². The van der Waals surface area contributed by atoms with Gasteiger partial charge in [-0.1, -0.05) is 12.2 Å². The van der Waals surface area contributed by atoms with Gasteiger partial charge in [-0.2, -0.15) is 0 Å². The molecule has 0 saturated carbocycles. The fourth-order valence-electron chi connectivity index (χ4n) is 2.40. The molecule has 3 rings (SSSR count). The largest absolute Gasteiger partial charge is 0.396 e. The molecule has 120 valence electrons. The maximum Gasteiger partial charge on any atom is 0.263 e. The number of nitrogens with zero attached hydrogens (tertiary/aromatic N) is 1. The van der Waals surface area contributed by atoms with Gasteiger partial charge in [0.2, 0.25) is 0 Å². The second kappa shape index (κ2) is 6.55. The summed E-state index contributed by atoms with van der Waals surface area (Å²) in [5, 5.41) is 12.4. The van der Waals surface area contributed by atoms with Crippen LogP contribution >= 0.6 is 11.3 Å². The zero-order valence-corrected chi connectivity index (χ0v) is 12.8. The maximum atomic E-state index is 13.3. The molecule has 1 aliphatic rings. The summed E-state index contributed by atoms with van der Waals surface area (Å²) in [5.41, 5.74) is 0.425. The van der Waals surface area contributed by atoms with Crippen molar-refractivity contribution >= 4 is 17.2 Å². The van der Waals surface area contributed by atoms with Gasteiger partial charge in [-0.25, -0.2) is 13.8 Å². The zero-order chi connectivity index (χ0) is 16.4. The van der Waals surface area contributed by atoms with E-state index in [1.165, 1.54) is 12.3 Å². The molecule has 23 heavy (non-hydrogen) atoms. The summed E-state index contributed by atoms with van der Waals surface area (Å²) in [6.45, 7) is 0.0592. The van der Waals surface area contributed by atoms with Crippen LogP contribution in [0.1, 0.15) is 16.1 Å². The number of halogens is 2. The van der Waals surface area contributed by atoms with E-state index in [0.717, 1.165) is 23.5 Å². The molecule has 1 aromatic heterocycles. The summed E-state index contributed by atoms with van der Waals surface area (Å²) in [5.74, 6) is -2.08. The molecule has 0 bridgehead atoms. The molecule has 0 saturated heterocycles. The number of carbonyl (C=O) groups is 1. The molecular weight excluding hydrogens is 322 g/mol. The predicted octanol–water partition coefficient (Wildman–Crippen LogP) is 2.76. The average Bonchev–Trinajstić information content (AvgIpc) is 3.19. The molecule has 7 heteroatoms. The topological polar surface area (TPSA) is 62.2 Å². The van der Waals surface area contributed by atoms with Crippen molar-refractivity contribution in [3.8, 4) is 10.6 Å². The second-order valence-electron chi connectivity index (χ2n) is 5.30. The van der Waals surface area contributed by atoms with Gasteiger partial charge in [0.05, 0.1) is 6.20 Å². The summed E-state index contributed by atoms with van der Waals surface area (Å²) in [7, 11) is 0. The molecule has 0 unspecified atom stereocenters. The monoisotopic (exact) mass is 336 g/mol. The third kappa shape index (κ3) is 3.46. The van der Waals surface area contributed by atoms with Crippen molar-refractivity contribution in [2.45, 2.75) is 12.5 Å². The third-order valence-electron chi connectivity index (χ3n) is 3.62. The molecule has 1 amide bonds. The van der Waals surface area contributed by atoms with E-state index in [4.69, 9.17) is 5.11 Å². The van der Waals surface area contributed by atoms with Gasteiger partial charge in [-0.15, -0.1) is 11.3 Å². The van der Waals surface area contributed by atoms with Crippen LogP contribution in [0.5, 0.6) is 0 Å². The minimum Gasteiger partial charge on any atom is -0.396 e. The number of amides is 1. The molecule has 4 nitrogen and oxygen atoms in total. The minimum atomic E-state index is -0.949. The number of rotatable bonds is 4. The highest BCUT2D eigenvalue weighted by atomic mass is 32.1. The smallest absolute Gasteiger partial charge is 0.263 e. The van der Waals surface area contributed by atoms with Crippen molar-refractivity contribution in [2.24, 2.45) is 5.92 Å². The standard InChI is InChI=1S/C16H14F2N2O2S/c17-12-4-2-10(6-13(12)18)16-19-7-14(23-16)15(22)20-11-3-1-9(5-11)8-21/h1-4,6-7,9,11,21H,5,8H2,(H,20,22)/t9-,11+/m0/s1. The van der Waals surface area contributed by atoms with E-state index in [2.05, 4.69) is 10.3 Å². The van der Waals surface area contributed by atoms with E-state index in [0.29, 0.717) is 21.9 Å². The maximum absolute atomic E-state index is 13.3. The van der Waals surface area contributed by atoms with Crippen LogP contribution in [-0.4, -0.2) is 28.6 Å². The van der Waals surface area contributed by atoms with E-state index < -0.39 is 11.6 Å². The lowest BCUT2D eigenvalue weighted by molar-refractivity contribution is 0.0945. The molecule has 1 heterocycles. The van der Waals surface area contributed by atoms with E-state index in [-0.39, 0.29) is 24.5 Å². The van der Waals surface area contributed by atoms with Crippen molar-refractivity contribution in [1.29, 1.82) is 0 Å². The van der Waals surface area contributed by atoms with Crippen LogP contribution in [0.4, 0.5) is 8.78 Å². The molecule has 2 aromatic rings. The Kier molecular flexibility index (Phi) is 4.49. The molecule has 1 aromatic carbocycles. The van der Waals surface area contributed by atoms with Gasteiger partial charge in [-0.05, 0) is 24.6 Å². The summed E-state index contributed by atoms with van der Waals surface area (Å²) in [6, 6.07) is 3.39. The lowest BCUT2D eigenvalue weighted by atomic mass is 10.1. The Balaban J connectivity index is 1.70. The Bertz CT molecular complexity index is 760. The molecule has 0 spiro atoms. The van der Waals surface area contributed by atoms with Gasteiger partial charge in [0, 0.05) is 24.1 Å². The lowest BCUT2D eigenvalue weighted by Crippen LogP contribution is -2.32. The number of carbonyl (C=O) groups excluding carboxylic acids is 1. The number of hydrogen-bond donors (Lipinski definition) is 2. The number of aromatic nitrogens is 1. The summed E-state index contributed by atoms with van der Waals surface area (Å²) in [6.07, 6.45) is 5.82. The van der Waals surface area contributed by atoms with Crippen LogP contribution in [0.2, 0.25) is 0 Å². The number of benzene rings is 1. The second-order valence-corrected chi connectivity index (χ2v) is 6.33.